The van der Waals surface area contributed by atoms with Crippen LogP contribution in [0.3, 0.4) is 0 Å². The molecule has 6 nitrogen and oxygen atoms in total. The number of hydrogen-bond acceptors (Lipinski definition) is 4. The molecule has 0 atom stereocenters. The molecule has 1 aromatic carbocycles. The summed E-state index contributed by atoms with van der Waals surface area (Å²) in [5.41, 5.74) is 0.302. The van der Waals surface area contributed by atoms with E-state index in [1.165, 1.54) is 25.3 Å². The van der Waals surface area contributed by atoms with Gasteiger partial charge in [-0.15, -0.1) is 0 Å². The summed E-state index contributed by atoms with van der Waals surface area (Å²) >= 11 is 0. The molecule has 0 aliphatic carbocycles. The lowest BCUT2D eigenvalue weighted by atomic mass is 10.3. The first-order valence-electron chi connectivity index (χ1n) is 6.75. The van der Waals surface area contributed by atoms with Gasteiger partial charge in [-0.2, -0.15) is 0 Å². The maximum absolute atomic E-state index is 13.1. The minimum atomic E-state index is -1.15. The number of pyridine rings is 1. The predicted molar refractivity (Wildman–Crippen MR) is 79.4 cm³/mol. The molecule has 7 heteroatoms. The number of methoxy groups -OCH3 is 1. The number of nitrogens with zero attached hydrogens (tertiary/aromatic N) is 2. The molecule has 0 saturated carbocycles. The van der Waals surface area contributed by atoms with Crippen LogP contribution in [0.5, 0.6) is 11.5 Å². The lowest BCUT2D eigenvalue weighted by Gasteiger charge is -2.06. The number of benzene rings is 1. The third-order valence-electron chi connectivity index (χ3n) is 3.29. The largest absolute Gasteiger partial charge is 0.497 e. The molecule has 3 aromatic rings. The van der Waals surface area contributed by atoms with E-state index in [0.29, 0.717) is 22.8 Å². The molecular weight excluding hydrogens is 303 g/mol. The number of carboxylic acids is 1. The van der Waals surface area contributed by atoms with Crippen molar-refractivity contribution in [3.05, 3.63) is 59.9 Å². The number of aromatic nitrogens is 2. The Hall–Kier alpha value is -3.09. The van der Waals surface area contributed by atoms with Crippen molar-refractivity contribution in [3.63, 3.8) is 0 Å². The normalized spacial score (nSPS) is 10.7. The van der Waals surface area contributed by atoms with E-state index in [0.717, 1.165) is 0 Å². The SMILES string of the molecule is COc1ccn2c(COc3cccc(F)c3)nc(C(=O)O)c2c1. The van der Waals surface area contributed by atoms with Crippen molar-refractivity contribution >= 4 is 11.5 Å². The van der Waals surface area contributed by atoms with Crippen molar-refractivity contribution in [3.8, 4) is 11.5 Å². The molecule has 23 heavy (non-hydrogen) atoms. The third kappa shape index (κ3) is 2.94. The van der Waals surface area contributed by atoms with Crippen LogP contribution in [0.25, 0.3) is 5.52 Å². The van der Waals surface area contributed by atoms with Crippen LogP contribution in [0.2, 0.25) is 0 Å². The molecule has 0 fully saturated rings. The van der Waals surface area contributed by atoms with Crippen LogP contribution in [0.4, 0.5) is 4.39 Å². The summed E-state index contributed by atoms with van der Waals surface area (Å²) in [5, 5.41) is 9.27. The first-order valence-corrected chi connectivity index (χ1v) is 6.75. The summed E-state index contributed by atoms with van der Waals surface area (Å²) in [6.45, 7) is 0.00420. The third-order valence-corrected chi connectivity index (χ3v) is 3.29. The summed E-state index contributed by atoms with van der Waals surface area (Å²) in [6, 6.07) is 8.97. The quantitative estimate of drug-likeness (QED) is 0.783. The van der Waals surface area contributed by atoms with E-state index < -0.39 is 11.8 Å². The van der Waals surface area contributed by atoms with E-state index in [2.05, 4.69) is 4.98 Å². The van der Waals surface area contributed by atoms with Crippen molar-refractivity contribution in [2.75, 3.05) is 7.11 Å². The lowest BCUT2D eigenvalue weighted by Crippen LogP contribution is -2.02. The predicted octanol–water partition coefficient (Wildman–Crippen LogP) is 2.76. The van der Waals surface area contributed by atoms with Crippen molar-refractivity contribution in [2.45, 2.75) is 6.61 Å². The first kappa shape index (κ1) is 14.8. The van der Waals surface area contributed by atoms with E-state index in [9.17, 15) is 14.3 Å². The summed E-state index contributed by atoms with van der Waals surface area (Å²) in [4.78, 5) is 15.4. The molecule has 1 N–H and O–H groups in total. The number of carbonyl (C=O) groups is 1. The smallest absolute Gasteiger partial charge is 0.356 e. The second-order valence-corrected chi connectivity index (χ2v) is 4.75. The van der Waals surface area contributed by atoms with E-state index in [1.807, 2.05) is 0 Å². The van der Waals surface area contributed by atoms with Crippen molar-refractivity contribution in [1.29, 1.82) is 0 Å². The first-order chi connectivity index (χ1) is 11.1. The fourth-order valence-electron chi connectivity index (χ4n) is 2.22. The van der Waals surface area contributed by atoms with Gasteiger partial charge in [0.2, 0.25) is 0 Å². The second kappa shape index (κ2) is 5.96. The molecule has 118 valence electrons. The molecule has 3 rings (SSSR count). The van der Waals surface area contributed by atoms with Crippen LogP contribution >= 0.6 is 0 Å². The Balaban J connectivity index is 1.95. The average molecular weight is 316 g/mol. The zero-order chi connectivity index (χ0) is 16.4. The Morgan fingerprint density at radius 2 is 2.13 bits per heavy atom. The maximum Gasteiger partial charge on any atom is 0.356 e. The zero-order valence-electron chi connectivity index (χ0n) is 12.2. The van der Waals surface area contributed by atoms with Crippen LogP contribution in [-0.2, 0) is 6.61 Å². The molecule has 0 bridgehead atoms. The lowest BCUT2D eigenvalue weighted by molar-refractivity contribution is 0.0693. The van der Waals surface area contributed by atoms with Crippen molar-refractivity contribution < 1.29 is 23.8 Å². The van der Waals surface area contributed by atoms with Crippen molar-refractivity contribution in [2.24, 2.45) is 0 Å². The van der Waals surface area contributed by atoms with Gasteiger partial charge in [-0.3, -0.25) is 4.40 Å². The number of halogens is 1. The van der Waals surface area contributed by atoms with E-state index in [-0.39, 0.29) is 12.3 Å². The molecule has 2 aromatic heterocycles. The molecule has 2 heterocycles. The number of carboxylic acid groups (broad SMARTS) is 1. The highest BCUT2D eigenvalue weighted by Crippen LogP contribution is 2.21. The highest BCUT2D eigenvalue weighted by molar-refractivity contribution is 5.94. The Labute approximate surface area is 130 Å². The van der Waals surface area contributed by atoms with Gasteiger partial charge in [0.15, 0.2) is 11.5 Å². The van der Waals surface area contributed by atoms with Gasteiger partial charge >= 0.3 is 5.97 Å². The van der Waals surface area contributed by atoms with Crippen molar-refractivity contribution in [1.82, 2.24) is 9.38 Å². The van der Waals surface area contributed by atoms with Gasteiger partial charge in [-0.1, -0.05) is 6.07 Å². The Bertz CT molecular complexity index is 876. The molecular formula is C16H13FN2O4. The average Bonchev–Trinajstić information content (AvgIpc) is 2.91. The maximum atomic E-state index is 13.1. The van der Waals surface area contributed by atoms with Gasteiger partial charge in [-0.25, -0.2) is 14.2 Å². The second-order valence-electron chi connectivity index (χ2n) is 4.75. The number of ether oxygens (including phenoxy) is 2. The summed E-state index contributed by atoms with van der Waals surface area (Å²) < 4.78 is 25.3. The minimum absolute atomic E-state index is 0.00420. The van der Waals surface area contributed by atoms with E-state index in [1.54, 1.807) is 28.8 Å². The number of rotatable bonds is 5. The van der Waals surface area contributed by atoms with Gasteiger partial charge in [0.1, 0.15) is 23.9 Å². The molecule has 0 spiro atoms. The van der Waals surface area contributed by atoms with Gasteiger partial charge in [-0.05, 0) is 18.2 Å². The topological polar surface area (TPSA) is 73.1 Å². The number of fused-ring (bicyclic) bond motifs is 1. The Morgan fingerprint density at radius 1 is 1.30 bits per heavy atom. The van der Waals surface area contributed by atoms with Gasteiger partial charge in [0.05, 0.1) is 12.6 Å². The fraction of sp³-hybridized carbons (Fsp3) is 0.125. The monoisotopic (exact) mass is 316 g/mol. The highest BCUT2D eigenvalue weighted by atomic mass is 19.1. The Morgan fingerprint density at radius 3 is 2.83 bits per heavy atom. The molecule has 0 radical (unpaired) electrons. The highest BCUT2D eigenvalue weighted by Gasteiger charge is 2.17. The zero-order valence-corrected chi connectivity index (χ0v) is 12.2. The molecule has 0 saturated heterocycles. The van der Waals surface area contributed by atoms with Crippen LogP contribution in [0, 0.1) is 5.82 Å². The number of imidazole rings is 1. The number of hydrogen-bond donors (Lipinski definition) is 1. The van der Waals surface area contributed by atoms with Crippen LogP contribution in [-0.4, -0.2) is 27.6 Å². The minimum Gasteiger partial charge on any atom is -0.497 e. The van der Waals surface area contributed by atoms with Crippen LogP contribution < -0.4 is 9.47 Å². The van der Waals surface area contributed by atoms with Crippen LogP contribution in [0.15, 0.2) is 42.6 Å². The summed E-state index contributed by atoms with van der Waals surface area (Å²) in [7, 11) is 1.50. The fourth-order valence-corrected chi connectivity index (χ4v) is 2.22. The van der Waals surface area contributed by atoms with Gasteiger partial charge in [0, 0.05) is 18.3 Å². The molecule has 0 aliphatic rings. The molecule has 0 aliphatic heterocycles. The number of aromatic carboxylic acids is 1. The Kier molecular flexibility index (Phi) is 3.84. The van der Waals surface area contributed by atoms with E-state index >= 15 is 0 Å². The van der Waals surface area contributed by atoms with Crippen LogP contribution in [0.1, 0.15) is 16.3 Å². The van der Waals surface area contributed by atoms with Gasteiger partial charge in [0.25, 0.3) is 0 Å². The van der Waals surface area contributed by atoms with E-state index in [4.69, 9.17) is 9.47 Å². The molecule has 0 unspecified atom stereocenters. The van der Waals surface area contributed by atoms with Gasteiger partial charge < -0.3 is 14.6 Å². The summed E-state index contributed by atoms with van der Waals surface area (Å²) in [6.07, 6.45) is 1.65. The summed E-state index contributed by atoms with van der Waals surface area (Å²) in [5.74, 6) is -0.298. The standard InChI is InChI=1S/C16H13FN2O4/c1-22-11-5-6-19-13(8-11)15(16(20)21)18-14(19)9-23-12-4-2-3-10(17)7-12/h2-8H,9H2,1H3,(H,20,21). The molecule has 0 amide bonds.